The Morgan fingerprint density at radius 2 is 2.11 bits per heavy atom. The highest BCUT2D eigenvalue weighted by Crippen LogP contribution is 2.10. The molecule has 0 saturated heterocycles. The van der Waals surface area contributed by atoms with E-state index in [1.807, 2.05) is 0 Å². The zero-order valence-corrected chi connectivity index (χ0v) is 12.2. The van der Waals surface area contributed by atoms with Gasteiger partial charge in [0.2, 0.25) is 10.0 Å². The van der Waals surface area contributed by atoms with Crippen molar-refractivity contribution in [1.29, 1.82) is 0 Å². The maximum absolute atomic E-state index is 11.9. The van der Waals surface area contributed by atoms with Gasteiger partial charge < -0.3 is 9.72 Å². The molecule has 2 N–H and O–H groups in total. The predicted molar refractivity (Wildman–Crippen MR) is 73.0 cm³/mol. The molecule has 0 aliphatic heterocycles. The van der Waals surface area contributed by atoms with E-state index < -0.39 is 15.6 Å². The Labute approximate surface area is 117 Å². The minimum absolute atomic E-state index is 0.0472. The van der Waals surface area contributed by atoms with E-state index in [2.05, 4.69) is 9.71 Å². The number of rotatable bonds is 8. The zero-order valence-electron chi connectivity index (χ0n) is 10.6. The Kier molecular flexibility index (Phi) is 6.50. The van der Waals surface area contributed by atoms with Gasteiger partial charge in [-0.1, -0.05) is 11.6 Å². The molecule has 0 unspecified atom stereocenters. The van der Waals surface area contributed by atoms with Gasteiger partial charge in [0, 0.05) is 26.5 Å². The number of H-pyrrole nitrogens is 1. The molecule has 1 aromatic heterocycles. The number of halogens is 1. The first kappa shape index (κ1) is 16.2. The maximum atomic E-state index is 11.9. The van der Waals surface area contributed by atoms with E-state index in [1.165, 1.54) is 0 Å². The molecule has 0 saturated carbocycles. The average molecular weight is 309 g/mol. The third-order valence-corrected chi connectivity index (χ3v) is 4.18. The van der Waals surface area contributed by atoms with Crippen LogP contribution in [0, 0.1) is 0 Å². The van der Waals surface area contributed by atoms with Crippen molar-refractivity contribution in [3.05, 3.63) is 27.6 Å². The highest BCUT2D eigenvalue weighted by Gasteiger charge is 2.14. The molecule has 1 rings (SSSR count). The third kappa shape index (κ3) is 5.32. The third-order valence-electron chi connectivity index (χ3n) is 2.46. The van der Waals surface area contributed by atoms with Crippen LogP contribution in [0.2, 0.25) is 5.02 Å². The molecule has 1 heterocycles. The molecule has 0 spiro atoms. The standard InChI is InChI=1S/C11H17ClN2O4S/c1-18-6-4-2-3-5-14-19(16,17)9-7-10(12)11(15)13-8-9/h7-8,14H,2-6H2,1H3,(H,13,15). The Bertz CT molecular complexity index is 556. The first-order valence-electron chi connectivity index (χ1n) is 5.84. The zero-order chi connectivity index (χ0) is 14.3. The molecular weight excluding hydrogens is 292 g/mol. The lowest BCUT2D eigenvalue weighted by Crippen LogP contribution is -2.25. The van der Waals surface area contributed by atoms with E-state index in [9.17, 15) is 13.2 Å². The van der Waals surface area contributed by atoms with Crippen LogP contribution in [-0.2, 0) is 14.8 Å². The maximum Gasteiger partial charge on any atom is 0.266 e. The molecule has 0 bridgehead atoms. The molecule has 108 valence electrons. The SMILES string of the molecule is COCCCCCNS(=O)(=O)c1c[nH]c(=O)c(Cl)c1. The van der Waals surface area contributed by atoms with E-state index in [4.69, 9.17) is 16.3 Å². The summed E-state index contributed by atoms with van der Waals surface area (Å²) in [6, 6.07) is 1.13. The van der Waals surface area contributed by atoms with Crippen molar-refractivity contribution < 1.29 is 13.2 Å². The summed E-state index contributed by atoms with van der Waals surface area (Å²) < 4.78 is 31.1. The highest BCUT2D eigenvalue weighted by molar-refractivity contribution is 7.89. The van der Waals surface area contributed by atoms with Crippen molar-refractivity contribution in [2.45, 2.75) is 24.2 Å². The second-order valence-corrected chi connectivity index (χ2v) is 6.14. The van der Waals surface area contributed by atoms with Gasteiger partial charge >= 0.3 is 0 Å². The van der Waals surface area contributed by atoms with E-state index >= 15 is 0 Å². The molecule has 0 aliphatic rings. The summed E-state index contributed by atoms with van der Waals surface area (Å²) in [5, 5.41) is -0.150. The fourth-order valence-electron chi connectivity index (χ4n) is 1.43. The summed E-state index contributed by atoms with van der Waals surface area (Å²) in [4.78, 5) is 13.3. The highest BCUT2D eigenvalue weighted by atomic mass is 35.5. The van der Waals surface area contributed by atoms with Crippen LogP contribution >= 0.6 is 11.6 Å². The fraction of sp³-hybridized carbons (Fsp3) is 0.545. The predicted octanol–water partition coefficient (Wildman–Crippen LogP) is 1.12. The summed E-state index contributed by atoms with van der Waals surface area (Å²) in [6.45, 7) is 1.01. The second-order valence-electron chi connectivity index (χ2n) is 3.96. The molecule has 0 amide bonds. The molecule has 0 atom stereocenters. The number of sulfonamides is 1. The number of methoxy groups -OCH3 is 1. The smallest absolute Gasteiger partial charge is 0.266 e. The van der Waals surface area contributed by atoms with Crippen molar-refractivity contribution in [2.75, 3.05) is 20.3 Å². The van der Waals surface area contributed by atoms with Gasteiger partial charge in [-0.3, -0.25) is 4.79 Å². The fourth-order valence-corrected chi connectivity index (χ4v) is 2.73. The van der Waals surface area contributed by atoms with Crippen molar-refractivity contribution >= 4 is 21.6 Å². The topological polar surface area (TPSA) is 88.3 Å². The summed E-state index contributed by atoms with van der Waals surface area (Å²) in [5.41, 5.74) is -0.514. The number of aromatic amines is 1. The summed E-state index contributed by atoms with van der Waals surface area (Å²) in [5.74, 6) is 0. The largest absolute Gasteiger partial charge is 0.385 e. The van der Waals surface area contributed by atoms with Crippen LogP contribution in [0.25, 0.3) is 0 Å². The number of unbranched alkanes of at least 4 members (excludes halogenated alkanes) is 2. The number of hydrogen-bond donors (Lipinski definition) is 2. The molecule has 19 heavy (non-hydrogen) atoms. The summed E-state index contributed by atoms with van der Waals surface area (Å²) >= 11 is 5.59. The van der Waals surface area contributed by atoms with E-state index in [0.29, 0.717) is 13.2 Å². The van der Waals surface area contributed by atoms with Crippen LogP contribution in [0.4, 0.5) is 0 Å². The molecule has 0 aromatic carbocycles. The van der Waals surface area contributed by atoms with Crippen LogP contribution in [-0.4, -0.2) is 33.7 Å². The number of nitrogens with one attached hydrogen (secondary N) is 2. The van der Waals surface area contributed by atoms with Gasteiger partial charge in [0.05, 0.1) is 4.90 Å². The Morgan fingerprint density at radius 3 is 2.74 bits per heavy atom. The van der Waals surface area contributed by atoms with Gasteiger partial charge in [-0.15, -0.1) is 0 Å². The van der Waals surface area contributed by atoms with E-state index in [-0.39, 0.29) is 9.92 Å². The number of aromatic nitrogens is 1. The minimum atomic E-state index is -3.63. The lowest BCUT2D eigenvalue weighted by atomic mass is 10.2. The second kappa shape index (κ2) is 7.64. The Balaban J connectivity index is 2.51. The van der Waals surface area contributed by atoms with Crippen LogP contribution in [0.1, 0.15) is 19.3 Å². The monoisotopic (exact) mass is 308 g/mol. The number of hydrogen-bond acceptors (Lipinski definition) is 4. The molecule has 6 nitrogen and oxygen atoms in total. The van der Waals surface area contributed by atoms with Crippen molar-refractivity contribution in [3.8, 4) is 0 Å². The van der Waals surface area contributed by atoms with Crippen molar-refractivity contribution in [1.82, 2.24) is 9.71 Å². The van der Waals surface area contributed by atoms with Gasteiger partial charge in [-0.05, 0) is 25.3 Å². The lowest BCUT2D eigenvalue weighted by molar-refractivity contribution is 0.192. The quantitative estimate of drug-likeness (QED) is 0.704. The molecule has 1 aromatic rings. The molecule has 0 radical (unpaired) electrons. The van der Waals surface area contributed by atoms with Crippen molar-refractivity contribution in [2.24, 2.45) is 0 Å². The van der Waals surface area contributed by atoms with Gasteiger partial charge in [0.1, 0.15) is 5.02 Å². The number of pyridine rings is 1. The van der Waals surface area contributed by atoms with Crippen LogP contribution in [0.5, 0.6) is 0 Å². The molecule has 0 aliphatic carbocycles. The molecule has 0 fully saturated rings. The lowest BCUT2D eigenvalue weighted by Gasteiger charge is -2.06. The minimum Gasteiger partial charge on any atom is -0.385 e. The number of ether oxygens (including phenoxy) is 1. The van der Waals surface area contributed by atoms with Gasteiger partial charge in [-0.25, -0.2) is 13.1 Å². The van der Waals surface area contributed by atoms with E-state index in [1.54, 1.807) is 7.11 Å². The van der Waals surface area contributed by atoms with E-state index in [0.717, 1.165) is 31.5 Å². The van der Waals surface area contributed by atoms with Gasteiger partial charge in [0.25, 0.3) is 5.56 Å². The Hall–Kier alpha value is -0.890. The summed E-state index contributed by atoms with van der Waals surface area (Å²) in [6.07, 6.45) is 3.62. The first-order chi connectivity index (χ1) is 8.97. The Morgan fingerprint density at radius 1 is 1.37 bits per heavy atom. The van der Waals surface area contributed by atoms with Crippen molar-refractivity contribution in [3.63, 3.8) is 0 Å². The van der Waals surface area contributed by atoms with Crippen LogP contribution in [0.3, 0.4) is 0 Å². The van der Waals surface area contributed by atoms with Crippen LogP contribution in [0.15, 0.2) is 22.0 Å². The molecule has 8 heteroatoms. The summed E-state index contributed by atoms with van der Waals surface area (Å²) in [7, 11) is -2.00. The first-order valence-corrected chi connectivity index (χ1v) is 7.70. The molecular formula is C11H17ClN2O4S. The van der Waals surface area contributed by atoms with Gasteiger partial charge in [0.15, 0.2) is 0 Å². The normalized spacial score (nSPS) is 11.7. The van der Waals surface area contributed by atoms with Gasteiger partial charge in [-0.2, -0.15) is 0 Å². The average Bonchev–Trinajstić information content (AvgIpc) is 2.36. The van der Waals surface area contributed by atoms with Crippen LogP contribution < -0.4 is 10.3 Å².